The second kappa shape index (κ2) is 26.7. The van der Waals surface area contributed by atoms with Crippen LogP contribution < -0.4 is 10.6 Å². The summed E-state index contributed by atoms with van der Waals surface area (Å²) in [4.78, 5) is 31.3. The Hall–Kier alpha value is -13.0. The van der Waals surface area contributed by atoms with Crippen molar-refractivity contribution in [1.82, 2.24) is 0 Å². The van der Waals surface area contributed by atoms with E-state index in [2.05, 4.69) is 82.8 Å². The van der Waals surface area contributed by atoms with Gasteiger partial charge in [0.25, 0.3) is 11.8 Å². The average Bonchev–Trinajstić information content (AvgIpc) is 1.54. The van der Waals surface area contributed by atoms with Crippen molar-refractivity contribution in [1.29, 1.82) is 0 Å². The summed E-state index contributed by atoms with van der Waals surface area (Å²) >= 11 is 0. The number of phenolic OH excluding ortho intramolecular Hbond substituents is 4. The first-order valence-electron chi connectivity index (χ1n) is 38.9. The van der Waals surface area contributed by atoms with Gasteiger partial charge >= 0.3 is 0 Å². The summed E-state index contributed by atoms with van der Waals surface area (Å²) in [5, 5.41) is 60.1. The normalized spacial score (nSPS) is 21.6. The van der Waals surface area contributed by atoms with E-state index in [0.29, 0.717) is 125 Å². The van der Waals surface area contributed by atoms with Crippen molar-refractivity contribution in [3.8, 4) is 150 Å². The minimum absolute atomic E-state index is 0.0101. The van der Waals surface area contributed by atoms with Crippen molar-refractivity contribution in [3.05, 3.63) is 309 Å². The molecule has 9 aliphatic rings. The molecule has 21 rings (SSSR count). The highest BCUT2D eigenvalue weighted by Crippen LogP contribution is 2.68. The summed E-state index contributed by atoms with van der Waals surface area (Å²) in [6, 6.07) is 78.6. The van der Waals surface area contributed by atoms with Gasteiger partial charge in [-0.15, -0.1) is 25.7 Å². The highest BCUT2D eigenvalue weighted by molar-refractivity contribution is 6.11. The molecule has 6 N–H and O–H groups in total. The van der Waals surface area contributed by atoms with Crippen LogP contribution in [-0.2, 0) is 16.2 Å². The number of fused-ring (bicyclic) bond motifs is 3. The van der Waals surface area contributed by atoms with Crippen LogP contribution in [0.2, 0.25) is 0 Å². The molecule has 538 valence electrons. The van der Waals surface area contributed by atoms with Crippen molar-refractivity contribution in [3.63, 3.8) is 0 Å². The van der Waals surface area contributed by atoms with E-state index in [1.54, 1.807) is 60.7 Å². The zero-order valence-corrected chi connectivity index (χ0v) is 61.5. The Morgan fingerprint density at radius 2 is 0.640 bits per heavy atom. The fourth-order valence-corrected chi connectivity index (χ4v) is 22.4. The Labute approximate surface area is 648 Å². The number of carbonyl (C=O) groups excluding carboxylic acids is 2. The van der Waals surface area contributed by atoms with E-state index >= 15 is 9.59 Å². The fourth-order valence-electron chi connectivity index (χ4n) is 22.4. The Morgan fingerprint density at radius 3 is 0.964 bits per heavy atom. The van der Waals surface area contributed by atoms with E-state index in [-0.39, 0.29) is 67.5 Å². The Morgan fingerprint density at radius 1 is 0.315 bits per heavy atom. The number of rotatable bonds is 14. The third-order valence-corrected chi connectivity index (χ3v) is 26.4. The van der Waals surface area contributed by atoms with E-state index in [1.165, 1.54) is 49.7 Å². The topological polar surface area (TPSA) is 139 Å². The number of carbonyl (C=O) groups is 2. The molecule has 111 heavy (non-hydrogen) atoms. The molecular weight excluding hydrogens is 1360 g/mol. The van der Waals surface area contributed by atoms with E-state index in [9.17, 15) is 20.4 Å². The molecule has 0 spiro atoms. The van der Waals surface area contributed by atoms with E-state index in [4.69, 9.17) is 25.7 Å². The van der Waals surface area contributed by atoms with Crippen LogP contribution >= 0.6 is 0 Å². The molecule has 0 unspecified atom stereocenters. The lowest BCUT2D eigenvalue weighted by molar-refractivity contribution is -0.00530. The van der Waals surface area contributed by atoms with Crippen LogP contribution in [0, 0.1) is 84.9 Å². The lowest BCUT2D eigenvalue weighted by Gasteiger charge is -2.57. The third-order valence-electron chi connectivity index (χ3n) is 26.4. The number of hydrogen-bond acceptors (Lipinski definition) is 6. The molecule has 0 saturated heterocycles. The molecule has 8 bridgehead atoms. The number of anilines is 2. The minimum Gasteiger partial charge on any atom is -0.507 e. The predicted molar refractivity (Wildman–Crippen MR) is 443 cm³/mol. The van der Waals surface area contributed by atoms with Gasteiger partial charge < -0.3 is 31.1 Å². The van der Waals surface area contributed by atoms with Gasteiger partial charge in [-0.05, 0) is 274 Å². The van der Waals surface area contributed by atoms with E-state index in [1.807, 2.05) is 133 Å². The zero-order valence-electron chi connectivity index (χ0n) is 61.5. The quantitative estimate of drug-likeness (QED) is 0.0600. The molecule has 8 saturated carbocycles. The number of nitrogens with one attached hydrogen (secondary N) is 2. The smallest absolute Gasteiger partial charge is 0.255 e. The molecule has 9 aliphatic carbocycles. The van der Waals surface area contributed by atoms with Crippen molar-refractivity contribution >= 4 is 23.2 Å². The number of benzene rings is 12. The molecule has 12 aromatic rings. The summed E-state index contributed by atoms with van der Waals surface area (Å²) in [5.41, 5.74) is 13.2. The molecule has 0 radical (unpaired) electrons. The second-order valence-corrected chi connectivity index (χ2v) is 32.7. The van der Waals surface area contributed by atoms with Crippen molar-refractivity contribution in [2.24, 2.45) is 35.5 Å². The van der Waals surface area contributed by atoms with Crippen LogP contribution in [0.5, 0.6) is 23.0 Å². The first kappa shape index (κ1) is 68.5. The van der Waals surface area contributed by atoms with Crippen LogP contribution in [0.1, 0.15) is 153 Å². The lowest BCUT2D eigenvalue weighted by atomic mass is 9.47. The Bertz CT molecular complexity index is 5620. The average molecular weight is 1440 g/mol. The number of amides is 2. The van der Waals surface area contributed by atoms with Crippen LogP contribution in [0.4, 0.5) is 11.4 Å². The van der Waals surface area contributed by atoms with Gasteiger partial charge in [-0.25, -0.2) is 0 Å². The van der Waals surface area contributed by atoms with E-state index in [0.717, 1.165) is 60.8 Å². The maximum Gasteiger partial charge on any atom is 0.255 e. The molecule has 8 nitrogen and oxygen atoms in total. The minimum atomic E-state index is -1.63. The van der Waals surface area contributed by atoms with Gasteiger partial charge in [-0.2, -0.15) is 0 Å². The van der Waals surface area contributed by atoms with Gasteiger partial charge in [0.05, 0.1) is 27.9 Å². The molecule has 0 atom stereocenters. The summed E-state index contributed by atoms with van der Waals surface area (Å²) in [5.74, 6) is 12.8. The van der Waals surface area contributed by atoms with Crippen LogP contribution in [0.15, 0.2) is 243 Å². The molecule has 8 fully saturated rings. The standard InChI is InChI=1S/C103H80N2O6/c1-5-61-23-21-33-73(45-61)99(110)104-95-77(7-3)97(108)83(71-29-17-11-18-30-71)49-87(95)85-53-93(106)81(69-25-13-9-14-26-69)51-91(85)103(89-47-75(101-55-63-39-64(56-101)41-65(40-63)57-101)35-37-79(89)80-38-36-76(48-90(80)103)102-58-66-42-67(59-102)44-68(43-66)60-102)92-52-82(70-27-15-10-16-28-70)94(107)54-86(92)88-50-84(72-31-19-12-20-32-72)98(109)78(8-4)96(88)105-100(111)74-34-22-24-62(6-2)46-74/h1-4,9-38,45-54,63-68,106-109H,39-44,55-60H2,(H,104,110)(H,105,111). The van der Waals surface area contributed by atoms with E-state index < -0.39 is 17.2 Å². The maximum atomic E-state index is 15.6. The summed E-state index contributed by atoms with van der Waals surface area (Å²) in [6.45, 7) is 0. The third kappa shape index (κ3) is 11.3. The molecule has 8 heteroatoms. The van der Waals surface area contributed by atoms with Gasteiger partial charge in [0.1, 0.15) is 23.0 Å². The van der Waals surface area contributed by atoms with Crippen LogP contribution in [0.3, 0.4) is 0 Å². The largest absolute Gasteiger partial charge is 0.507 e. The van der Waals surface area contributed by atoms with Gasteiger partial charge in [0.15, 0.2) is 0 Å². The van der Waals surface area contributed by atoms with Crippen molar-refractivity contribution in [2.45, 2.75) is 93.3 Å². The van der Waals surface area contributed by atoms with Gasteiger partial charge in [0, 0.05) is 55.6 Å². The fraction of sp³-hybridized carbons (Fsp3) is 0.204. The molecular formula is C103H80N2O6. The monoisotopic (exact) mass is 1440 g/mol. The van der Waals surface area contributed by atoms with Gasteiger partial charge in [-0.1, -0.05) is 194 Å². The molecule has 12 aromatic carbocycles. The van der Waals surface area contributed by atoms with Crippen molar-refractivity contribution in [2.75, 3.05) is 10.6 Å². The zero-order chi connectivity index (χ0) is 75.6. The number of aromatic hydroxyl groups is 4. The second-order valence-electron chi connectivity index (χ2n) is 32.7. The highest BCUT2D eigenvalue weighted by Gasteiger charge is 2.57. The maximum absolute atomic E-state index is 15.6. The first-order chi connectivity index (χ1) is 54.1. The Balaban J connectivity index is 1.03. The Kier molecular flexibility index (Phi) is 16.5. The molecule has 0 heterocycles. The predicted octanol–water partition coefficient (Wildman–Crippen LogP) is 22.2. The molecule has 0 aliphatic heterocycles. The summed E-state index contributed by atoms with van der Waals surface area (Å²) in [7, 11) is 0. The molecule has 2 amide bonds. The number of terminal acetylenes is 4. The van der Waals surface area contributed by atoms with Gasteiger partial charge in [-0.3, -0.25) is 9.59 Å². The highest BCUT2D eigenvalue weighted by atomic mass is 16.3. The summed E-state index contributed by atoms with van der Waals surface area (Å²) in [6.07, 6.45) is 39.4. The lowest BCUT2D eigenvalue weighted by Crippen LogP contribution is -2.48. The summed E-state index contributed by atoms with van der Waals surface area (Å²) < 4.78 is 0. The SMILES string of the molecule is C#Cc1cccc(C(=O)Nc2c(-c3cc(O)c(-c4ccccc4)cc3C3(c4cc(-c5ccccc5)c(O)cc4-c4cc(-c5ccccc5)c(O)c(C#C)c4NC(=O)c4cccc(C#C)c4)c4cc(C56CC7CC(CC(C7)C5)C6)ccc4-c4ccc(C56CC7CC(CC(C7)C5)C6)cc43)cc(-c3ccccc3)c(O)c2C#C)c1. The number of hydrogen-bond donors (Lipinski definition) is 6. The first-order valence-corrected chi connectivity index (χ1v) is 38.9. The van der Waals surface area contributed by atoms with Crippen LogP contribution in [-0.4, -0.2) is 32.2 Å². The molecule has 0 aromatic heterocycles. The van der Waals surface area contributed by atoms with Crippen molar-refractivity contribution < 1.29 is 30.0 Å². The van der Waals surface area contributed by atoms with Gasteiger partial charge in [0.2, 0.25) is 0 Å². The van der Waals surface area contributed by atoms with Crippen LogP contribution in [0.25, 0.3) is 77.9 Å². The number of phenols is 4.